The number of nitrogens with two attached hydrogens (primary N) is 1. The predicted octanol–water partition coefficient (Wildman–Crippen LogP) is 2.20. The maximum Gasteiger partial charge on any atom is 0.145 e. The van der Waals surface area contributed by atoms with Crippen molar-refractivity contribution in [3.05, 3.63) is 53.9 Å². The molecule has 2 aromatic rings. The molecular weight excluding hydrogens is 214 g/mol. The molecule has 0 aliphatic rings. The van der Waals surface area contributed by atoms with Crippen molar-refractivity contribution in [2.75, 3.05) is 0 Å². The summed E-state index contributed by atoms with van der Waals surface area (Å²) in [4.78, 5) is 3.93. The molecule has 0 radical (unpaired) electrons. The zero-order chi connectivity index (χ0) is 12.1. The van der Waals surface area contributed by atoms with Gasteiger partial charge >= 0.3 is 0 Å². The van der Waals surface area contributed by atoms with Gasteiger partial charge in [0, 0.05) is 6.54 Å². The van der Waals surface area contributed by atoms with E-state index in [2.05, 4.69) is 4.98 Å². The third kappa shape index (κ3) is 2.80. The number of hydrogen-bond acceptors (Lipinski definition) is 4. The zero-order valence-corrected chi connectivity index (χ0v) is 9.13. The first-order valence-corrected chi connectivity index (χ1v) is 5.15. The van der Waals surface area contributed by atoms with Crippen LogP contribution in [0.3, 0.4) is 0 Å². The average Bonchev–Trinajstić information content (AvgIpc) is 2.40. The Morgan fingerprint density at radius 3 is 2.76 bits per heavy atom. The van der Waals surface area contributed by atoms with Crippen LogP contribution in [0.25, 0.3) is 0 Å². The van der Waals surface area contributed by atoms with Crippen molar-refractivity contribution in [3.8, 4) is 17.6 Å². The van der Waals surface area contributed by atoms with E-state index < -0.39 is 0 Å². The fourth-order valence-corrected chi connectivity index (χ4v) is 1.38. The summed E-state index contributed by atoms with van der Waals surface area (Å²) in [5.41, 5.74) is 6.92. The van der Waals surface area contributed by atoms with Gasteiger partial charge in [0.15, 0.2) is 0 Å². The minimum atomic E-state index is 0.369. The minimum absolute atomic E-state index is 0.369. The highest BCUT2D eigenvalue weighted by Crippen LogP contribution is 2.21. The van der Waals surface area contributed by atoms with Gasteiger partial charge in [0.2, 0.25) is 0 Å². The van der Waals surface area contributed by atoms with Gasteiger partial charge in [-0.1, -0.05) is 12.1 Å². The molecule has 4 nitrogen and oxygen atoms in total. The van der Waals surface area contributed by atoms with Gasteiger partial charge in [-0.05, 0) is 29.8 Å². The quantitative estimate of drug-likeness (QED) is 0.869. The molecule has 4 heteroatoms. The molecule has 0 spiro atoms. The Morgan fingerprint density at radius 1 is 1.24 bits per heavy atom. The number of ether oxygens (including phenoxy) is 1. The third-order valence-electron chi connectivity index (χ3n) is 2.22. The summed E-state index contributed by atoms with van der Waals surface area (Å²) in [6, 6.07) is 12.8. The predicted molar refractivity (Wildman–Crippen MR) is 63.4 cm³/mol. The smallest absolute Gasteiger partial charge is 0.145 e. The molecule has 1 aromatic carbocycles. The van der Waals surface area contributed by atoms with Gasteiger partial charge in [-0.25, -0.2) is 4.98 Å². The van der Waals surface area contributed by atoms with Crippen molar-refractivity contribution in [3.63, 3.8) is 0 Å². The van der Waals surface area contributed by atoms with E-state index in [9.17, 15) is 0 Å². The van der Waals surface area contributed by atoms with Crippen LogP contribution in [0.5, 0.6) is 11.5 Å². The Labute approximate surface area is 99.3 Å². The van der Waals surface area contributed by atoms with E-state index in [1.54, 1.807) is 12.1 Å². The second kappa shape index (κ2) is 5.10. The number of nitriles is 1. The Hall–Kier alpha value is -2.38. The topological polar surface area (TPSA) is 71.9 Å². The number of rotatable bonds is 3. The van der Waals surface area contributed by atoms with E-state index >= 15 is 0 Å². The normalized spacial score (nSPS) is 9.65. The summed E-state index contributed by atoms with van der Waals surface area (Å²) in [7, 11) is 0. The van der Waals surface area contributed by atoms with Crippen LogP contribution in [0.4, 0.5) is 0 Å². The Balaban J connectivity index is 2.16. The molecule has 17 heavy (non-hydrogen) atoms. The van der Waals surface area contributed by atoms with E-state index in [0.717, 1.165) is 5.56 Å². The fraction of sp³-hybridized carbons (Fsp3) is 0.0769. The van der Waals surface area contributed by atoms with Gasteiger partial charge in [0.25, 0.3) is 0 Å². The molecule has 2 rings (SSSR count). The van der Waals surface area contributed by atoms with E-state index in [0.29, 0.717) is 23.7 Å². The number of nitrogens with zero attached hydrogens (tertiary/aromatic N) is 2. The molecule has 0 saturated carbocycles. The lowest BCUT2D eigenvalue weighted by atomic mass is 10.2. The van der Waals surface area contributed by atoms with E-state index in [4.69, 9.17) is 15.7 Å². The highest BCUT2D eigenvalue weighted by atomic mass is 16.5. The molecule has 0 fully saturated rings. The molecule has 84 valence electrons. The van der Waals surface area contributed by atoms with Gasteiger partial charge < -0.3 is 10.5 Å². The summed E-state index contributed by atoms with van der Waals surface area (Å²) in [5, 5.41) is 8.62. The lowest BCUT2D eigenvalue weighted by Gasteiger charge is -2.06. The summed E-state index contributed by atoms with van der Waals surface area (Å²) in [5.74, 6) is 1.30. The standard InChI is InChI=1S/C13H11N3O/c14-7-10-2-1-3-12(6-10)17-13-5-4-11(8-15)16-9-13/h1-6,9H,7,14H2. The Morgan fingerprint density at radius 2 is 2.12 bits per heavy atom. The first-order chi connectivity index (χ1) is 8.31. The molecule has 0 saturated heterocycles. The Bertz CT molecular complexity index is 543. The molecule has 0 bridgehead atoms. The van der Waals surface area contributed by atoms with Crippen molar-refractivity contribution in [1.29, 1.82) is 5.26 Å². The maximum atomic E-state index is 8.62. The van der Waals surface area contributed by atoms with Gasteiger partial charge in [0.05, 0.1) is 6.20 Å². The number of hydrogen-bond donors (Lipinski definition) is 1. The molecule has 0 atom stereocenters. The van der Waals surface area contributed by atoms with Crippen LogP contribution in [0.15, 0.2) is 42.6 Å². The molecule has 2 N–H and O–H groups in total. The SMILES string of the molecule is N#Cc1ccc(Oc2cccc(CN)c2)cn1. The molecule has 0 aliphatic carbocycles. The van der Waals surface area contributed by atoms with Crippen molar-refractivity contribution >= 4 is 0 Å². The highest BCUT2D eigenvalue weighted by molar-refractivity contribution is 5.34. The lowest BCUT2D eigenvalue weighted by Crippen LogP contribution is -1.96. The van der Waals surface area contributed by atoms with Crippen molar-refractivity contribution in [2.45, 2.75) is 6.54 Å². The number of pyridine rings is 1. The van der Waals surface area contributed by atoms with E-state index in [-0.39, 0.29) is 0 Å². The van der Waals surface area contributed by atoms with Crippen molar-refractivity contribution in [1.82, 2.24) is 4.98 Å². The summed E-state index contributed by atoms with van der Waals surface area (Å²) < 4.78 is 5.59. The first kappa shape index (κ1) is 11.1. The van der Waals surface area contributed by atoms with Gasteiger partial charge in [-0.3, -0.25) is 0 Å². The van der Waals surface area contributed by atoms with Crippen LogP contribution in [-0.4, -0.2) is 4.98 Å². The van der Waals surface area contributed by atoms with Gasteiger partial charge in [-0.2, -0.15) is 5.26 Å². The van der Waals surface area contributed by atoms with Crippen LogP contribution in [0.1, 0.15) is 11.3 Å². The summed E-state index contributed by atoms with van der Waals surface area (Å²) in [6.07, 6.45) is 1.52. The lowest BCUT2D eigenvalue weighted by molar-refractivity contribution is 0.479. The first-order valence-electron chi connectivity index (χ1n) is 5.15. The van der Waals surface area contributed by atoms with Crippen LogP contribution in [0.2, 0.25) is 0 Å². The molecular formula is C13H11N3O. The Kier molecular flexibility index (Phi) is 3.34. The number of aromatic nitrogens is 1. The molecule has 1 heterocycles. The van der Waals surface area contributed by atoms with Crippen molar-refractivity contribution < 1.29 is 4.74 Å². The maximum absolute atomic E-state index is 8.62. The second-order valence-corrected chi connectivity index (χ2v) is 3.44. The largest absolute Gasteiger partial charge is 0.456 e. The molecule has 0 unspecified atom stereocenters. The summed E-state index contributed by atoms with van der Waals surface area (Å²) in [6.45, 7) is 0.475. The van der Waals surface area contributed by atoms with E-state index in [1.807, 2.05) is 30.3 Å². The molecule has 0 amide bonds. The van der Waals surface area contributed by atoms with Crippen LogP contribution in [0, 0.1) is 11.3 Å². The minimum Gasteiger partial charge on any atom is -0.456 e. The average molecular weight is 225 g/mol. The number of benzene rings is 1. The molecule has 1 aromatic heterocycles. The van der Waals surface area contributed by atoms with Crippen LogP contribution in [-0.2, 0) is 6.54 Å². The van der Waals surface area contributed by atoms with Gasteiger partial charge in [-0.15, -0.1) is 0 Å². The van der Waals surface area contributed by atoms with Gasteiger partial charge in [0.1, 0.15) is 23.3 Å². The third-order valence-corrected chi connectivity index (χ3v) is 2.22. The fourth-order valence-electron chi connectivity index (χ4n) is 1.38. The monoisotopic (exact) mass is 225 g/mol. The van der Waals surface area contributed by atoms with E-state index in [1.165, 1.54) is 6.20 Å². The van der Waals surface area contributed by atoms with Crippen molar-refractivity contribution in [2.24, 2.45) is 5.73 Å². The van der Waals surface area contributed by atoms with Crippen LogP contribution >= 0.6 is 0 Å². The summed E-state index contributed by atoms with van der Waals surface area (Å²) >= 11 is 0. The highest BCUT2D eigenvalue weighted by Gasteiger charge is 1.99. The molecule has 0 aliphatic heterocycles. The zero-order valence-electron chi connectivity index (χ0n) is 9.13. The second-order valence-electron chi connectivity index (χ2n) is 3.44. The van der Waals surface area contributed by atoms with Crippen LogP contribution < -0.4 is 10.5 Å².